The molecule has 0 aliphatic heterocycles. The molecule has 1 rings (SSSR count). The van der Waals surface area contributed by atoms with Gasteiger partial charge in [0.15, 0.2) is 0 Å². The van der Waals surface area contributed by atoms with Crippen molar-refractivity contribution in [1.29, 1.82) is 0 Å². The Kier molecular flexibility index (Phi) is 4.80. The van der Waals surface area contributed by atoms with Crippen LogP contribution in [-0.2, 0) is 0 Å². The molecule has 13 heavy (non-hydrogen) atoms. The SMILES string of the molecule is CC(N)C(SCCO)c1cccs1. The first-order chi connectivity index (χ1) is 6.25. The third-order valence-corrected chi connectivity index (χ3v) is 4.26. The fourth-order valence-electron chi connectivity index (χ4n) is 1.13. The highest BCUT2D eigenvalue weighted by molar-refractivity contribution is 7.99. The summed E-state index contributed by atoms with van der Waals surface area (Å²) < 4.78 is 0. The molecule has 0 bridgehead atoms. The van der Waals surface area contributed by atoms with Gasteiger partial charge < -0.3 is 10.8 Å². The highest BCUT2D eigenvalue weighted by Crippen LogP contribution is 2.33. The lowest BCUT2D eigenvalue weighted by atomic mass is 10.2. The second kappa shape index (κ2) is 5.65. The molecule has 0 spiro atoms. The third kappa shape index (κ3) is 3.31. The van der Waals surface area contributed by atoms with E-state index in [1.54, 1.807) is 23.1 Å². The Labute approximate surface area is 87.2 Å². The van der Waals surface area contributed by atoms with Crippen molar-refractivity contribution in [3.05, 3.63) is 22.4 Å². The number of aliphatic hydroxyl groups excluding tert-OH is 1. The minimum atomic E-state index is 0.134. The molecule has 0 amide bonds. The molecule has 2 unspecified atom stereocenters. The highest BCUT2D eigenvalue weighted by Gasteiger charge is 2.16. The summed E-state index contributed by atoms with van der Waals surface area (Å²) in [6.07, 6.45) is 0. The van der Waals surface area contributed by atoms with Crippen molar-refractivity contribution in [3.8, 4) is 0 Å². The molecule has 1 aromatic heterocycles. The molecule has 0 aliphatic carbocycles. The molecule has 0 saturated carbocycles. The molecule has 2 nitrogen and oxygen atoms in total. The Bertz CT molecular complexity index is 224. The lowest BCUT2D eigenvalue weighted by molar-refractivity contribution is 0.322. The minimum Gasteiger partial charge on any atom is -0.396 e. The van der Waals surface area contributed by atoms with E-state index in [0.717, 1.165) is 5.75 Å². The van der Waals surface area contributed by atoms with E-state index in [0.29, 0.717) is 5.25 Å². The third-order valence-electron chi connectivity index (χ3n) is 1.69. The molecule has 0 fully saturated rings. The first-order valence-corrected chi connectivity index (χ1v) is 6.20. The zero-order valence-electron chi connectivity index (χ0n) is 7.64. The highest BCUT2D eigenvalue weighted by atomic mass is 32.2. The largest absolute Gasteiger partial charge is 0.396 e. The molecule has 2 atom stereocenters. The van der Waals surface area contributed by atoms with Gasteiger partial charge in [-0.1, -0.05) is 6.07 Å². The maximum Gasteiger partial charge on any atom is 0.0540 e. The van der Waals surface area contributed by atoms with Crippen molar-refractivity contribution in [2.45, 2.75) is 18.2 Å². The Balaban J connectivity index is 2.58. The van der Waals surface area contributed by atoms with Crippen LogP contribution in [0.1, 0.15) is 17.1 Å². The predicted octanol–water partition coefficient (Wildman–Crippen LogP) is 1.86. The van der Waals surface area contributed by atoms with E-state index < -0.39 is 0 Å². The molecule has 4 heteroatoms. The van der Waals surface area contributed by atoms with Crippen molar-refractivity contribution >= 4 is 23.1 Å². The van der Waals surface area contributed by atoms with Crippen LogP contribution >= 0.6 is 23.1 Å². The lowest BCUT2D eigenvalue weighted by Gasteiger charge is -2.18. The van der Waals surface area contributed by atoms with Gasteiger partial charge in [-0.3, -0.25) is 0 Å². The molecule has 74 valence electrons. The van der Waals surface area contributed by atoms with Gasteiger partial charge in [0.05, 0.1) is 11.9 Å². The maximum atomic E-state index is 8.74. The van der Waals surface area contributed by atoms with Crippen molar-refractivity contribution in [1.82, 2.24) is 0 Å². The van der Waals surface area contributed by atoms with Crippen molar-refractivity contribution in [2.75, 3.05) is 12.4 Å². The smallest absolute Gasteiger partial charge is 0.0540 e. The fraction of sp³-hybridized carbons (Fsp3) is 0.556. The number of rotatable bonds is 5. The Morgan fingerprint density at radius 3 is 2.92 bits per heavy atom. The van der Waals surface area contributed by atoms with Gasteiger partial charge in [-0.25, -0.2) is 0 Å². The molecular weight excluding hydrogens is 202 g/mol. The molecule has 1 heterocycles. The Morgan fingerprint density at radius 1 is 1.69 bits per heavy atom. The van der Waals surface area contributed by atoms with E-state index in [1.165, 1.54) is 4.88 Å². The molecule has 1 aromatic rings. The number of aliphatic hydroxyl groups is 1. The van der Waals surface area contributed by atoms with Crippen LogP contribution in [0, 0.1) is 0 Å². The van der Waals surface area contributed by atoms with Crippen molar-refractivity contribution in [3.63, 3.8) is 0 Å². The number of nitrogens with two attached hydrogens (primary N) is 1. The molecule has 0 aliphatic rings. The summed E-state index contributed by atoms with van der Waals surface area (Å²) in [7, 11) is 0. The number of thioether (sulfide) groups is 1. The average molecular weight is 217 g/mol. The Hall–Kier alpha value is -0.0300. The standard InChI is InChI=1S/C9H15NOS2/c1-7(10)9(13-6-4-11)8-3-2-5-12-8/h2-3,5,7,9,11H,4,6,10H2,1H3. The van der Waals surface area contributed by atoms with Crippen LogP contribution in [0.15, 0.2) is 17.5 Å². The Morgan fingerprint density at radius 2 is 2.46 bits per heavy atom. The van der Waals surface area contributed by atoms with Crippen LogP contribution in [0.4, 0.5) is 0 Å². The summed E-state index contributed by atoms with van der Waals surface area (Å²) in [5.74, 6) is 0.754. The van der Waals surface area contributed by atoms with Crippen LogP contribution in [0.3, 0.4) is 0 Å². The number of thiophene rings is 1. The maximum absolute atomic E-state index is 8.74. The molecule has 0 radical (unpaired) electrons. The van der Waals surface area contributed by atoms with Gasteiger partial charge in [-0.2, -0.15) is 0 Å². The average Bonchev–Trinajstić information content (AvgIpc) is 2.57. The summed E-state index contributed by atoms with van der Waals surface area (Å²) in [5.41, 5.74) is 5.87. The topological polar surface area (TPSA) is 46.2 Å². The predicted molar refractivity (Wildman–Crippen MR) is 60.3 cm³/mol. The molecule has 3 N–H and O–H groups in total. The van der Waals surface area contributed by atoms with Gasteiger partial charge in [-0.05, 0) is 18.4 Å². The second-order valence-corrected chi connectivity index (χ2v) is 5.12. The van der Waals surface area contributed by atoms with Crippen LogP contribution in [0.2, 0.25) is 0 Å². The zero-order chi connectivity index (χ0) is 9.68. The first kappa shape index (κ1) is 11.0. The van der Waals surface area contributed by atoms with Crippen LogP contribution in [0.5, 0.6) is 0 Å². The minimum absolute atomic E-state index is 0.134. The number of hydrogen-bond acceptors (Lipinski definition) is 4. The molecule has 0 saturated heterocycles. The monoisotopic (exact) mass is 217 g/mol. The molecular formula is C9H15NOS2. The summed E-state index contributed by atoms with van der Waals surface area (Å²) in [6, 6.07) is 4.27. The number of hydrogen-bond donors (Lipinski definition) is 2. The normalized spacial score (nSPS) is 15.6. The van der Waals surface area contributed by atoms with Gasteiger partial charge in [0.25, 0.3) is 0 Å². The summed E-state index contributed by atoms with van der Waals surface area (Å²) in [5, 5.41) is 11.1. The van der Waals surface area contributed by atoms with Crippen molar-refractivity contribution < 1.29 is 5.11 Å². The van der Waals surface area contributed by atoms with E-state index in [1.807, 2.05) is 13.0 Å². The van der Waals surface area contributed by atoms with E-state index in [4.69, 9.17) is 10.8 Å². The lowest BCUT2D eigenvalue weighted by Crippen LogP contribution is -2.22. The fourth-order valence-corrected chi connectivity index (χ4v) is 3.22. The van der Waals surface area contributed by atoms with Gasteiger partial charge >= 0.3 is 0 Å². The van der Waals surface area contributed by atoms with Crippen molar-refractivity contribution in [2.24, 2.45) is 5.73 Å². The first-order valence-electron chi connectivity index (χ1n) is 4.27. The summed E-state index contributed by atoms with van der Waals surface area (Å²) in [4.78, 5) is 1.30. The second-order valence-electron chi connectivity index (χ2n) is 2.89. The van der Waals surface area contributed by atoms with E-state index in [9.17, 15) is 0 Å². The van der Waals surface area contributed by atoms with E-state index >= 15 is 0 Å². The quantitative estimate of drug-likeness (QED) is 0.791. The summed E-state index contributed by atoms with van der Waals surface area (Å²) in [6.45, 7) is 2.23. The van der Waals surface area contributed by atoms with Gasteiger partial charge in [0.2, 0.25) is 0 Å². The summed E-state index contributed by atoms with van der Waals surface area (Å²) >= 11 is 3.45. The van der Waals surface area contributed by atoms with Crippen LogP contribution in [-0.4, -0.2) is 23.5 Å². The van der Waals surface area contributed by atoms with Crippen LogP contribution in [0.25, 0.3) is 0 Å². The molecule has 0 aromatic carbocycles. The van der Waals surface area contributed by atoms with Gasteiger partial charge in [0, 0.05) is 16.7 Å². The van der Waals surface area contributed by atoms with Gasteiger partial charge in [-0.15, -0.1) is 23.1 Å². The van der Waals surface area contributed by atoms with Crippen LogP contribution < -0.4 is 5.73 Å². The van der Waals surface area contributed by atoms with Gasteiger partial charge in [0.1, 0.15) is 0 Å². The van der Waals surface area contributed by atoms with E-state index in [2.05, 4.69) is 11.4 Å². The zero-order valence-corrected chi connectivity index (χ0v) is 9.28. The van der Waals surface area contributed by atoms with E-state index in [-0.39, 0.29) is 12.6 Å².